The molecule has 1 aliphatic rings. The van der Waals surface area contributed by atoms with Crippen molar-refractivity contribution >= 4 is 5.97 Å². The van der Waals surface area contributed by atoms with Crippen LogP contribution in [0.1, 0.15) is 62.5 Å². The number of hydrogen-bond donors (Lipinski definition) is 0. The summed E-state index contributed by atoms with van der Waals surface area (Å²) in [5.41, 5.74) is 2.68. The number of halogens is 2. The maximum absolute atomic E-state index is 13.5. The van der Waals surface area contributed by atoms with Crippen molar-refractivity contribution in [1.82, 2.24) is 4.98 Å². The van der Waals surface area contributed by atoms with E-state index < -0.39 is 17.9 Å². The number of esters is 1. The SMILES string of the molecule is CCCCc1ccc(C2CCC(C(=O)Oc3ccc(F)nc3F)CC2)cc1. The molecule has 3 nitrogen and oxygen atoms in total. The average molecular weight is 373 g/mol. The van der Waals surface area contributed by atoms with Crippen LogP contribution in [0.4, 0.5) is 8.78 Å². The molecule has 0 atom stereocenters. The first-order chi connectivity index (χ1) is 13.1. The van der Waals surface area contributed by atoms with E-state index in [-0.39, 0.29) is 11.7 Å². The van der Waals surface area contributed by atoms with Gasteiger partial charge in [-0.3, -0.25) is 4.79 Å². The number of aromatic nitrogens is 1. The quantitative estimate of drug-likeness (QED) is 0.490. The van der Waals surface area contributed by atoms with Gasteiger partial charge in [0.1, 0.15) is 0 Å². The number of rotatable bonds is 6. The lowest BCUT2D eigenvalue weighted by Gasteiger charge is -2.27. The van der Waals surface area contributed by atoms with Gasteiger partial charge in [0, 0.05) is 0 Å². The molecule has 1 aliphatic carbocycles. The molecule has 0 aliphatic heterocycles. The van der Waals surface area contributed by atoms with Gasteiger partial charge in [-0.1, -0.05) is 37.6 Å². The molecule has 0 bridgehead atoms. The van der Waals surface area contributed by atoms with E-state index in [1.807, 2.05) is 0 Å². The Hall–Kier alpha value is -2.30. The van der Waals surface area contributed by atoms with Gasteiger partial charge in [-0.15, -0.1) is 0 Å². The molecule has 1 heterocycles. The molecule has 0 spiro atoms. The summed E-state index contributed by atoms with van der Waals surface area (Å²) < 4.78 is 31.5. The first-order valence-electron chi connectivity index (χ1n) is 9.69. The molecule has 0 radical (unpaired) electrons. The lowest BCUT2D eigenvalue weighted by Crippen LogP contribution is -2.25. The fourth-order valence-corrected chi connectivity index (χ4v) is 3.67. The molecule has 1 aromatic carbocycles. The number of pyridine rings is 1. The highest BCUT2D eigenvalue weighted by atomic mass is 19.1. The molecule has 1 aromatic heterocycles. The lowest BCUT2D eigenvalue weighted by molar-refractivity contribution is -0.140. The standard InChI is InChI=1S/C22H25F2NO2/c1-2-3-4-15-5-7-16(8-6-15)17-9-11-18(12-10-17)22(26)27-19-13-14-20(23)25-21(19)24/h5-8,13-14,17-18H,2-4,9-12H2,1H3. The molecular formula is C22H25F2NO2. The number of hydrogen-bond acceptors (Lipinski definition) is 3. The van der Waals surface area contributed by atoms with Crippen LogP contribution in [0.5, 0.6) is 5.75 Å². The second kappa shape index (κ2) is 9.07. The van der Waals surface area contributed by atoms with E-state index in [1.54, 1.807) is 0 Å². The van der Waals surface area contributed by atoms with Gasteiger partial charge in [0.15, 0.2) is 5.75 Å². The van der Waals surface area contributed by atoms with E-state index >= 15 is 0 Å². The third kappa shape index (κ3) is 5.12. The van der Waals surface area contributed by atoms with Gasteiger partial charge >= 0.3 is 5.97 Å². The van der Waals surface area contributed by atoms with Gasteiger partial charge in [-0.05, 0) is 67.7 Å². The van der Waals surface area contributed by atoms with Crippen molar-refractivity contribution in [3.05, 3.63) is 59.4 Å². The predicted octanol–water partition coefficient (Wildman–Crippen LogP) is 5.58. The van der Waals surface area contributed by atoms with E-state index in [0.29, 0.717) is 18.8 Å². The van der Waals surface area contributed by atoms with Crippen molar-refractivity contribution in [2.24, 2.45) is 5.92 Å². The Morgan fingerprint density at radius 2 is 1.78 bits per heavy atom. The summed E-state index contributed by atoms with van der Waals surface area (Å²) in [5, 5.41) is 0. The van der Waals surface area contributed by atoms with Crippen LogP contribution in [0.15, 0.2) is 36.4 Å². The molecule has 1 fully saturated rings. The van der Waals surface area contributed by atoms with E-state index in [1.165, 1.54) is 24.0 Å². The zero-order valence-electron chi connectivity index (χ0n) is 15.6. The Bertz CT molecular complexity index is 768. The van der Waals surface area contributed by atoms with E-state index in [2.05, 4.69) is 36.2 Å². The van der Waals surface area contributed by atoms with E-state index in [4.69, 9.17) is 4.74 Å². The molecule has 0 amide bonds. The highest BCUT2D eigenvalue weighted by molar-refractivity contribution is 5.75. The van der Waals surface area contributed by atoms with Crippen molar-refractivity contribution in [1.29, 1.82) is 0 Å². The normalized spacial score (nSPS) is 19.7. The zero-order valence-corrected chi connectivity index (χ0v) is 15.6. The van der Waals surface area contributed by atoms with Crippen LogP contribution in [0, 0.1) is 17.8 Å². The lowest BCUT2D eigenvalue weighted by atomic mass is 9.78. The fourth-order valence-electron chi connectivity index (χ4n) is 3.67. The molecular weight excluding hydrogens is 348 g/mol. The number of nitrogens with zero attached hydrogens (tertiary/aromatic N) is 1. The van der Waals surface area contributed by atoms with Gasteiger partial charge in [-0.2, -0.15) is 13.8 Å². The van der Waals surface area contributed by atoms with Crippen LogP contribution in [0.2, 0.25) is 0 Å². The van der Waals surface area contributed by atoms with Gasteiger partial charge in [0.2, 0.25) is 5.95 Å². The van der Waals surface area contributed by atoms with Gasteiger partial charge in [0.05, 0.1) is 5.92 Å². The number of unbranched alkanes of at least 4 members (excludes halogenated alkanes) is 1. The Labute approximate surface area is 158 Å². The Morgan fingerprint density at radius 3 is 2.41 bits per heavy atom. The minimum Gasteiger partial charge on any atom is -0.421 e. The monoisotopic (exact) mass is 373 g/mol. The summed E-state index contributed by atoms with van der Waals surface area (Å²) in [6, 6.07) is 10.9. The molecule has 0 N–H and O–H groups in total. The summed E-state index contributed by atoms with van der Waals surface area (Å²) in [7, 11) is 0. The minimum atomic E-state index is -1.10. The number of carbonyl (C=O) groups is 1. The van der Waals surface area contributed by atoms with Crippen molar-refractivity contribution in [2.75, 3.05) is 0 Å². The number of ether oxygens (including phenoxy) is 1. The third-order valence-corrected chi connectivity index (χ3v) is 5.32. The first kappa shape index (κ1) is 19.5. The van der Waals surface area contributed by atoms with E-state index in [0.717, 1.165) is 31.4 Å². The van der Waals surface area contributed by atoms with Crippen molar-refractivity contribution in [3.8, 4) is 5.75 Å². The van der Waals surface area contributed by atoms with Gasteiger partial charge < -0.3 is 4.74 Å². The van der Waals surface area contributed by atoms with Gasteiger partial charge in [0.25, 0.3) is 5.95 Å². The number of benzene rings is 1. The predicted molar refractivity (Wildman–Crippen MR) is 99.5 cm³/mol. The Kier molecular flexibility index (Phi) is 6.54. The van der Waals surface area contributed by atoms with Crippen LogP contribution in [0.25, 0.3) is 0 Å². The molecule has 0 unspecified atom stereocenters. The smallest absolute Gasteiger partial charge is 0.314 e. The summed E-state index contributed by atoms with van der Waals surface area (Å²) in [6.45, 7) is 2.19. The number of carbonyl (C=O) groups excluding carboxylic acids is 1. The zero-order chi connectivity index (χ0) is 19.2. The Morgan fingerprint density at radius 1 is 1.07 bits per heavy atom. The van der Waals surface area contributed by atoms with Crippen LogP contribution < -0.4 is 4.74 Å². The van der Waals surface area contributed by atoms with E-state index in [9.17, 15) is 13.6 Å². The minimum absolute atomic E-state index is 0.255. The van der Waals surface area contributed by atoms with Crippen molar-refractivity contribution < 1.29 is 18.3 Å². The largest absolute Gasteiger partial charge is 0.421 e. The summed E-state index contributed by atoms with van der Waals surface area (Å²) in [5.74, 6) is -2.62. The first-order valence-corrected chi connectivity index (χ1v) is 9.69. The average Bonchev–Trinajstić information content (AvgIpc) is 2.69. The fraction of sp³-hybridized carbons (Fsp3) is 0.455. The van der Waals surface area contributed by atoms with Crippen molar-refractivity contribution in [2.45, 2.75) is 57.8 Å². The molecule has 144 valence electrons. The third-order valence-electron chi connectivity index (χ3n) is 5.32. The topological polar surface area (TPSA) is 39.2 Å². The second-order valence-electron chi connectivity index (χ2n) is 7.24. The second-order valence-corrected chi connectivity index (χ2v) is 7.24. The maximum Gasteiger partial charge on any atom is 0.314 e. The molecule has 1 saturated carbocycles. The molecule has 27 heavy (non-hydrogen) atoms. The summed E-state index contributed by atoms with van der Waals surface area (Å²) >= 11 is 0. The Balaban J connectivity index is 1.52. The summed E-state index contributed by atoms with van der Waals surface area (Å²) in [4.78, 5) is 15.3. The van der Waals surface area contributed by atoms with Crippen molar-refractivity contribution in [3.63, 3.8) is 0 Å². The molecule has 2 aromatic rings. The maximum atomic E-state index is 13.5. The molecule has 3 rings (SSSR count). The van der Waals surface area contributed by atoms with Crippen LogP contribution >= 0.6 is 0 Å². The van der Waals surface area contributed by atoms with Crippen LogP contribution in [-0.4, -0.2) is 11.0 Å². The highest BCUT2D eigenvalue weighted by Gasteiger charge is 2.29. The van der Waals surface area contributed by atoms with Crippen LogP contribution in [-0.2, 0) is 11.2 Å². The summed E-state index contributed by atoms with van der Waals surface area (Å²) in [6.07, 6.45) is 6.73. The van der Waals surface area contributed by atoms with Gasteiger partial charge in [-0.25, -0.2) is 0 Å². The highest BCUT2D eigenvalue weighted by Crippen LogP contribution is 2.36. The number of aryl methyl sites for hydroxylation is 1. The molecule has 0 saturated heterocycles. The van der Waals surface area contributed by atoms with Crippen LogP contribution in [0.3, 0.4) is 0 Å². The molecule has 5 heteroatoms.